The van der Waals surface area contributed by atoms with Gasteiger partial charge >= 0.3 is 0 Å². The molecule has 2 aromatic carbocycles. The van der Waals surface area contributed by atoms with E-state index in [2.05, 4.69) is 17.2 Å². The fourth-order valence-corrected chi connectivity index (χ4v) is 3.66. The van der Waals surface area contributed by atoms with Crippen LogP contribution in [0.25, 0.3) is 0 Å². The van der Waals surface area contributed by atoms with Crippen LogP contribution in [0.4, 0.5) is 5.69 Å². The van der Waals surface area contributed by atoms with E-state index in [1.807, 2.05) is 36.4 Å². The molecular weight excluding hydrogens is 407 g/mol. The molecular formula is C19H20Cl2N2OS2. The highest BCUT2D eigenvalue weighted by Crippen LogP contribution is 2.24. The zero-order valence-corrected chi connectivity index (χ0v) is 17.3. The third-order valence-corrected chi connectivity index (χ3v) is 5.13. The van der Waals surface area contributed by atoms with Gasteiger partial charge in [0.1, 0.15) is 12.4 Å². The monoisotopic (exact) mass is 426 g/mol. The molecule has 0 heterocycles. The van der Waals surface area contributed by atoms with E-state index in [1.165, 1.54) is 0 Å². The molecule has 0 amide bonds. The summed E-state index contributed by atoms with van der Waals surface area (Å²) < 4.78 is 5.44. The van der Waals surface area contributed by atoms with Crippen LogP contribution in [0.1, 0.15) is 5.56 Å². The number of nitrogens with one attached hydrogen (secondary N) is 2. The summed E-state index contributed by atoms with van der Waals surface area (Å²) in [7, 11) is 0. The number of halogens is 2. The van der Waals surface area contributed by atoms with Gasteiger partial charge < -0.3 is 15.4 Å². The van der Waals surface area contributed by atoms with Crippen molar-refractivity contribution in [3.05, 3.63) is 70.7 Å². The van der Waals surface area contributed by atoms with E-state index >= 15 is 0 Å². The van der Waals surface area contributed by atoms with Crippen LogP contribution < -0.4 is 15.4 Å². The van der Waals surface area contributed by atoms with Gasteiger partial charge in [0.25, 0.3) is 0 Å². The number of ether oxygens (including phenoxy) is 1. The number of anilines is 1. The van der Waals surface area contributed by atoms with Crippen molar-refractivity contribution < 1.29 is 4.74 Å². The van der Waals surface area contributed by atoms with E-state index in [-0.39, 0.29) is 0 Å². The first-order valence-corrected chi connectivity index (χ1v) is 10.3. The Balaban J connectivity index is 1.64. The Morgan fingerprint density at radius 1 is 1.19 bits per heavy atom. The minimum Gasteiger partial charge on any atom is -0.490 e. The van der Waals surface area contributed by atoms with Gasteiger partial charge in [0.05, 0.1) is 0 Å². The topological polar surface area (TPSA) is 33.3 Å². The van der Waals surface area contributed by atoms with Gasteiger partial charge in [0.15, 0.2) is 5.11 Å². The van der Waals surface area contributed by atoms with Gasteiger partial charge in [-0.05, 0) is 54.2 Å². The molecule has 2 N–H and O–H groups in total. The van der Waals surface area contributed by atoms with Crippen LogP contribution in [0.5, 0.6) is 5.75 Å². The molecule has 0 aliphatic heterocycles. The highest BCUT2D eigenvalue weighted by Gasteiger charge is 2.02. The van der Waals surface area contributed by atoms with Crippen molar-refractivity contribution in [3.63, 3.8) is 0 Å². The Morgan fingerprint density at radius 3 is 2.65 bits per heavy atom. The van der Waals surface area contributed by atoms with Crippen LogP contribution >= 0.6 is 47.2 Å². The lowest BCUT2D eigenvalue weighted by Crippen LogP contribution is -2.30. The average molecular weight is 427 g/mol. The van der Waals surface area contributed by atoms with Crippen molar-refractivity contribution >= 4 is 58.0 Å². The summed E-state index contributed by atoms with van der Waals surface area (Å²) in [5.74, 6) is 2.55. The molecule has 3 nitrogen and oxygen atoms in total. The fourth-order valence-electron chi connectivity index (χ4n) is 2.02. The molecule has 0 aromatic heterocycles. The van der Waals surface area contributed by atoms with Gasteiger partial charge in [-0.3, -0.25) is 0 Å². The quantitative estimate of drug-likeness (QED) is 0.301. The second-order valence-electron chi connectivity index (χ2n) is 5.29. The lowest BCUT2D eigenvalue weighted by atomic mass is 10.2. The molecule has 0 aliphatic rings. The Hall–Kier alpha value is -1.40. The third kappa shape index (κ3) is 7.46. The van der Waals surface area contributed by atoms with Crippen LogP contribution in [0, 0.1) is 0 Å². The predicted octanol–water partition coefficient (Wildman–Crippen LogP) is 5.78. The average Bonchev–Trinajstić information content (AvgIpc) is 2.62. The number of benzene rings is 2. The zero-order valence-electron chi connectivity index (χ0n) is 14.1. The molecule has 0 fully saturated rings. The summed E-state index contributed by atoms with van der Waals surface area (Å²) in [6.07, 6.45) is 1.71. The van der Waals surface area contributed by atoms with E-state index in [1.54, 1.807) is 23.9 Å². The number of rotatable bonds is 9. The number of hydrogen-bond donors (Lipinski definition) is 2. The molecule has 0 saturated heterocycles. The Morgan fingerprint density at radius 2 is 1.96 bits per heavy atom. The van der Waals surface area contributed by atoms with E-state index < -0.39 is 0 Å². The molecule has 26 heavy (non-hydrogen) atoms. The third-order valence-electron chi connectivity index (χ3n) is 3.28. The predicted molar refractivity (Wildman–Crippen MR) is 119 cm³/mol. The van der Waals surface area contributed by atoms with Crippen molar-refractivity contribution in [3.8, 4) is 5.75 Å². The van der Waals surface area contributed by atoms with Gasteiger partial charge in [-0.1, -0.05) is 41.9 Å². The van der Waals surface area contributed by atoms with E-state index in [0.29, 0.717) is 21.8 Å². The molecule has 0 radical (unpaired) electrons. The first kappa shape index (κ1) is 20.9. The van der Waals surface area contributed by atoms with E-state index in [0.717, 1.165) is 35.1 Å². The maximum Gasteiger partial charge on any atom is 0.170 e. The molecule has 0 bridgehead atoms. The Bertz CT molecular complexity index is 739. The summed E-state index contributed by atoms with van der Waals surface area (Å²) in [5.41, 5.74) is 1.99. The van der Waals surface area contributed by atoms with Gasteiger partial charge in [0, 0.05) is 33.8 Å². The fraction of sp³-hybridized carbons (Fsp3) is 0.211. The highest BCUT2D eigenvalue weighted by molar-refractivity contribution is 7.98. The van der Waals surface area contributed by atoms with Crippen molar-refractivity contribution in [2.75, 3.05) is 24.2 Å². The van der Waals surface area contributed by atoms with Gasteiger partial charge in [-0.15, -0.1) is 0 Å². The van der Waals surface area contributed by atoms with Gasteiger partial charge in [-0.25, -0.2) is 0 Å². The standard InChI is InChI=1S/C19H20Cl2N2OS2/c1-2-10-24-17-7-5-16(6-8-17)23-19(25)22-9-11-26-13-14-3-4-15(20)12-18(14)21/h2-8,12H,1,9-11,13H2,(H2,22,23,25). The first-order chi connectivity index (χ1) is 12.6. The summed E-state index contributed by atoms with van der Waals surface area (Å²) >= 11 is 19.2. The van der Waals surface area contributed by atoms with Crippen LogP contribution in [0.3, 0.4) is 0 Å². The maximum atomic E-state index is 6.16. The molecule has 2 rings (SSSR count). The van der Waals surface area contributed by atoms with Crippen LogP contribution in [0.15, 0.2) is 55.1 Å². The molecule has 0 atom stereocenters. The summed E-state index contributed by atoms with van der Waals surface area (Å²) in [5, 5.41) is 8.29. The SMILES string of the molecule is C=CCOc1ccc(NC(=S)NCCSCc2ccc(Cl)cc2Cl)cc1. The highest BCUT2D eigenvalue weighted by atomic mass is 35.5. The maximum absolute atomic E-state index is 6.16. The number of thioether (sulfide) groups is 1. The second kappa shape index (κ2) is 11.3. The van der Waals surface area contributed by atoms with Crippen molar-refractivity contribution in [1.82, 2.24) is 5.32 Å². The zero-order chi connectivity index (χ0) is 18.8. The Kier molecular flexibility index (Phi) is 9.12. The molecule has 7 heteroatoms. The molecule has 0 saturated carbocycles. The first-order valence-electron chi connectivity index (χ1n) is 7.99. The van der Waals surface area contributed by atoms with E-state index in [9.17, 15) is 0 Å². The molecule has 0 aliphatic carbocycles. The number of hydrogen-bond acceptors (Lipinski definition) is 3. The largest absolute Gasteiger partial charge is 0.490 e. The van der Waals surface area contributed by atoms with Crippen LogP contribution in [0.2, 0.25) is 10.0 Å². The van der Waals surface area contributed by atoms with Gasteiger partial charge in [0.2, 0.25) is 0 Å². The lowest BCUT2D eigenvalue weighted by molar-refractivity contribution is 0.363. The van der Waals surface area contributed by atoms with Crippen LogP contribution in [-0.4, -0.2) is 24.0 Å². The van der Waals surface area contributed by atoms with E-state index in [4.69, 9.17) is 40.2 Å². The lowest BCUT2D eigenvalue weighted by Gasteiger charge is -2.11. The molecule has 138 valence electrons. The number of thiocarbonyl (C=S) groups is 1. The van der Waals surface area contributed by atoms with Crippen molar-refractivity contribution in [2.24, 2.45) is 0 Å². The van der Waals surface area contributed by atoms with Crippen molar-refractivity contribution in [2.45, 2.75) is 5.75 Å². The minimum absolute atomic E-state index is 0.492. The van der Waals surface area contributed by atoms with Gasteiger partial charge in [-0.2, -0.15) is 11.8 Å². The smallest absolute Gasteiger partial charge is 0.170 e. The normalized spacial score (nSPS) is 10.2. The summed E-state index contributed by atoms with van der Waals surface area (Å²) in [6.45, 7) is 4.88. The molecule has 0 unspecified atom stereocenters. The molecule has 2 aromatic rings. The van der Waals surface area contributed by atoms with Crippen molar-refractivity contribution in [1.29, 1.82) is 0 Å². The summed E-state index contributed by atoms with van der Waals surface area (Å²) in [6, 6.07) is 13.2. The minimum atomic E-state index is 0.492. The Labute approximate surface area is 174 Å². The second-order valence-corrected chi connectivity index (χ2v) is 7.65. The van der Waals surface area contributed by atoms with Crippen LogP contribution in [-0.2, 0) is 5.75 Å². The molecule has 0 spiro atoms. The summed E-state index contributed by atoms with van der Waals surface area (Å²) in [4.78, 5) is 0.